The third kappa shape index (κ3) is 3.49. The molecule has 1 aliphatic heterocycles. The van der Waals surface area contributed by atoms with Crippen LogP contribution < -0.4 is 0 Å². The van der Waals surface area contributed by atoms with Gasteiger partial charge in [-0.3, -0.25) is 4.90 Å². The number of likely N-dealkylation sites (N-methyl/N-ethyl adjacent to an activating group) is 2. The second-order valence-electron chi connectivity index (χ2n) is 6.46. The number of rotatable bonds is 6. The quantitative estimate of drug-likeness (QED) is 0.693. The van der Waals surface area contributed by atoms with Crippen LogP contribution in [-0.2, 0) is 0 Å². The maximum atomic E-state index is 3.76. The minimum atomic E-state index is 0.574. The van der Waals surface area contributed by atoms with Gasteiger partial charge in [0.05, 0.1) is 0 Å². The Kier molecular flexibility index (Phi) is 5.52. The summed E-state index contributed by atoms with van der Waals surface area (Å²) in [5, 5.41) is 1.19. The van der Waals surface area contributed by atoms with Gasteiger partial charge in [0.2, 0.25) is 0 Å². The first-order valence-corrected chi connectivity index (χ1v) is 8.80. The molecule has 1 heterocycles. The molecule has 0 amide bonds. The van der Waals surface area contributed by atoms with Crippen molar-refractivity contribution in [1.82, 2.24) is 9.80 Å². The molecule has 0 spiro atoms. The molecule has 2 rings (SSSR count). The molecule has 1 aliphatic carbocycles. The van der Waals surface area contributed by atoms with E-state index < -0.39 is 0 Å². The lowest BCUT2D eigenvalue weighted by Gasteiger charge is -2.35. The SMILES string of the molecule is CCN1CCCC1CN(C)CC1(CBr)CCCC1. The molecule has 0 N–H and O–H groups in total. The highest BCUT2D eigenvalue weighted by atomic mass is 79.9. The Hall–Kier alpha value is 0.400. The Morgan fingerprint density at radius 1 is 1.28 bits per heavy atom. The van der Waals surface area contributed by atoms with Crippen molar-refractivity contribution >= 4 is 15.9 Å². The van der Waals surface area contributed by atoms with Crippen LogP contribution in [0.25, 0.3) is 0 Å². The summed E-state index contributed by atoms with van der Waals surface area (Å²) in [7, 11) is 2.33. The fourth-order valence-electron chi connectivity index (χ4n) is 3.97. The molecule has 106 valence electrons. The van der Waals surface area contributed by atoms with Crippen molar-refractivity contribution in [2.24, 2.45) is 5.41 Å². The minimum Gasteiger partial charge on any atom is -0.304 e. The number of alkyl halides is 1. The molecule has 0 radical (unpaired) electrons. The molecule has 1 atom stereocenters. The molecule has 1 saturated heterocycles. The van der Waals surface area contributed by atoms with Gasteiger partial charge in [0.25, 0.3) is 0 Å². The van der Waals surface area contributed by atoms with Gasteiger partial charge in [0.15, 0.2) is 0 Å². The van der Waals surface area contributed by atoms with Crippen molar-refractivity contribution in [2.45, 2.75) is 51.5 Å². The summed E-state index contributed by atoms with van der Waals surface area (Å²) < 4.78 is 0. The summed E-state index contributed by atoms with van der Waals surface area (Å²) in [6, 6.07) is 0.814. The van der Waals surface area contributed by atoms with Gasteiger partial charge in [-0.25, -0.2) is 0 Å². The molecule has 1 unspecified atom stereocenters. The first-order valence-electron chi connectivity index (χ1n) is 7.68. The second kappa shape index (κ2) is 6.71. The van der Waals surface area contributed by atoms with E-state index in [9.17, 15) is 0 Å². The predicted molar refractivity (Wildman–Crippen MR) is 82.5 cm³/mol. The van der Waals surface area contributed by atoms with Gasteiger partial charge in [-0.1, -0.05) is 35.7 Å². The maximum Gasteiger partial charge on any atom is 0.0223 e. The van der Waals surface area contributed by atoms with Crippen molar-refractivity contribution in [3.8, 4) is 0 Å². The van der Waals surface area contributed by atoms with Crippen molar-refractivity contribution in [3.05, 3.63) is 0 Å². The summed E-state index contributed by atoms with van der Waals surface area (Å²) in [5.74, 6) is 0. The van der Waals surface area contributed by atoms with Gasteiger partial charge in [0.1, 0.15) is 0 Å². The molecule has 2 nitrogen and oxygen atoms in total. The molecule has 0 aromatic rings. The first kappa shape index (κ1) is 14.8. The third-order valence-corrected chi connectivity index (χ3v) is 6.17. The van der Waals surface area contributed by atoms with Crippen molar-refractivity contribution in [2.75, 3.05) is 38.6 Å². The van der Waals surface area contributed by atoms with E-state index in [0.29, 0.717) is 5.41 Å². The number of nitrogens with zero attached hydrogens (tertiary/aromatic N) is 2. The highest BCUT2D eigenvalue weighted by Gasteiger charge is 2.34. The number of halogens is 1. The third-order valence-electron chi connectivity index (χ3n) is 4.98. The topological polar surface area (TPSA) is 6.48 Å². The summed E-state index contributed by atoms with van der Waals surface area (Å²) in [6.45, 7) is 7.39. The van der Waals surface area contributed by atoms with Crippen LogP contribution in [0.2, 0.25) is 0 Å². The van der Waals surface area contributed by atoms with E-state index in [2.05, 4.69) is 39.7 Å². The van der Waals surface area contributed by atoms with E-state index in [1.165, 1.54) is 70.0 Å². The average Bonchev–Trinajstić information content (AvgIpc) is 2.98. The van der Waals surface area contributed by atoms with Crippen molar-refractivity contribution in [1.29, 1.82) is 0 Å². The van der Waals surface area contributed by atoms with Gasteiger partial charge in [-0.15, -0.1) is 0 Å². The van der Waals surface area contributed by atoms with Gasteiger partial charge < -0.3 is 4.90 Å². The maximum absolute atomic E-state index is 3.76. The van der Waals surface area contributed by atoms with Gasteiger partial charge in [0, 0.05) is 24.5 Å². The lowest BCUT2D eigenvalue weighted by Crippen LogP contribution is -2.43. The monoisotopic (exact) mass is 316 g/mol. The van der Waals surface area contributed by atoms with E-state index in [1.54, 1.807) is 0 Å². The zero-order chi connectivity index (χ0) is 13.0. The van der Waals surface area contributed by atoms with Gasteiger partial charge in [-0.2, -0.15) is 0 Å². The smallest absolute Gasteiger partial charge is 0.0223 e. The van der Waals surface area contributed by atoms with Crippen LogP contribution in [0.1, 0.15) is 45.4 Å². The highest BCUT2D eigenvalue weighted by Crippen LogP contribution is 2.40. The minimum absolute atomic E-state index is 0.574. The summed E-state index contributed by atoms with van der Waals surface area (Å²) in [4.78, 5) is 5.26. The van der Waals surface area contributed by atoms with Crippen molar-refractivity contribution in [3.63, 3.8) is 0 Å². The highest BCUT2D eigenvalue weighted by molar-refractivity contribution is 9.09. The number of hydrogen-bond acceptors (Lipinski definition) is 2. The fraction of sp³-hybridized carbons (Fsp3) is 1.00. The molecular formula is C15H29BrN2. The molecule has 0 aromatic carbocycles. The van der Waals surface area contributed by atoms with Crippen LogP contribution >= 0.6 is 15.9 Å². The van der Waals surface area contributed by atoms with Crippen LogP contribution in [0.5, 0.6) is 0 Å². The Balaban J connectivity index is 1.82. The lowest BCUT2D eigenvalue weighted by molar-refractivity contribution is 0.152. The number of hydrogen-bond donors (Lipinski definition) is 0. The van der Waals surface area contributed by atoms with Crippen LogP contribution in [0, 0.1) is 5.41 Å². The van der Waals surface area contributed by atoms with E-state index in [4.69, 9.17) is 0 Å². The molecule has 1 saturated carbocycles. The fourth-order valence-corrected chi connectivity index (χ4v) is 4.71. The molecule has 2 fully saturated rings. The van der Waals surface area contributed by atoms with Crippen molar-refractivity contribution < 1.29 is 0 Å². The molecule has 0 aromatic heterocycles. The van der Waals surface area contributed by atoms with Crippen LogP contribution in [0.3, 0.4) is 0 Å². The average molecular weight is 317 g/mol. The summed E-state index contributed by atoms with van der Waals surface area (Å²) >= 11 is 3.76. The first-order chi connectivity index (χ1) is 8.69. The summed E-state index contributed by atoms with van der Waals surface area (Å²) in [5.41, 5.74) is 0.574. The van der Waals surface area contributed by atoms with Gasteiger partial charge >= 0.3 is 0 Å². The predicted octanol–water partition coefficient (Wildman–Crippen LogP) is 3.36. The normalized spacial score (nSPS) is 28.3. The Labute approximate surface area is 121 Å². The molecule has 18 heavy (non-hydrogen) atoms. The molecule has 2 aliphatic rings. The number of likely N-dealkylation sites (tertiary alicyclic amines) is 1. The van der Waals surface area contributed by atoms with E-state index in [0.717, 1.165) is 6.04 Å². The van der Waals surface area contributed by atoms with E-state index in [-0.39, 0.29) is 0 Å². The zero-order valence-electron chi connectivity index (χ0n) is 12.1. The van der Waals surface area contributed by atoms with Crippen LogP contribution in [0.15, 0.2) is 0 Å². The zero-order valence-corrected chi connectivity index (χ0v) is 13.7. The Bertz CT molecular complexity index is 251. The van der Waals surface area contributed by atoms with Crippen LogP contribution in [-0.4, -0.2) is 54.4 Å². The summed E-state index contributed by atoms with van der Waals surface area (Å²) in [6.07, 6.45) is 8.51. The largest absolute Gasteiger partial charge is 0.304 e. The lowest BCUT2D eigenvalue weighted by atomic mass is 9.88. The van der Waals surface area contributed by atoms with E-state index in [1.807, 2.05) is 0 Å². The Morgan fingerprint density at radius 2 is 2.00 bits per heavy atom. The van der Waals surface area contributed by atoms with Crippen LogP contribution in [0.4, 0.5) is 0 Å². The Morgan fingerprint density at radius 3 is 2.61 bits per heavy atom. The molecule has 3 heteroatoms. The van der Waals surface area contributed by atoms with E-state index >= 15 is 0 Å². The van der Waals surface area contributed by atoms with Gasteiger partial charge in [-0.05, 0) is 51.2 Å². The molecule has 0 bridgehead atoms. The molecular weight excluding hydrogens is 288 g/mol. The standard InChI is InChI=1S/C15H29BrN2/c1-3-18-10-6-7-14(18)11-17(2)13-15(12-16)8-4-5-9-15/h14H,3-13H2,1-2H3. The second-order valence-corrected chi connectivity index (χ2v) is 7.02.